The molecular formula is C26H36ClF4N3O3S. The topological polar surface area (TPSA) is 69.7 Å². The first-order valence-electron chi connectivity index (χ1n) is 12.8. The molecule has 0 radical (unpaired) electrons. The Bertz CT molecular complexity index is 1100. The van der Waals surface area contributed by atoms with Crippen LogP contribution in [0.4, 0.5) is 17.6 Å². The zero-order valence-electron chi connectivity index (χ0n) is 21.7. The van der Waals surface area contributed by atoms with Gasteiger partial charge in [-0.2, -0.15) is 13.2 Å². The van der Waals surface area contributed by atoms with Crippen molar-refractivity contribution in [2.24, 2.45) is 5.92 Å². The Kier molecular flexibility index (Phi) is 10.3. The molecule has 1 aromatic rings. The number of likely N-dealkylation sites (tertiary alicyclic amines) is 2. The Morgan fingerprint density at radius 3 is 2.55 bits per heavy atom. The first-order chi connectivity index (χ1) is 17.7. The summed E-state index contributed by atoms with van der Waals surface area (Å²) in [5.41, 5.74) is -1.30. The van der Waals surface area contributed by atoms with Gasteiger partial charge in [-0.1, -0.05) is 42.8 Å². The number of carbonyl (C=O) groups excluding carboxylic acids is 1. The summed E-state index contributed by atoms with van der Waals surface area (Å²) in [6, 6.07) is 6.57. The third-order valence-corrected chi connectivity index (χ3v) is 8.31. The van der Waals surface area contributed by atoms with Gasteiger partial charge in [0, 0.05) is 61.2 Å². The van der Waals surface area contributed by atoms with Crippen molar-refractivity contribution in [1.29, 1.82) is 0 Å². The highest BCUT2D eigenvalue weighted by molar-refractivity contribution is 7.93. The van der Waals surface area contributed by atoms with Gasteiger partial charge in [0.15, 0.2) is 15.5 Å². The lowest BCUT2D eigenvalue weighted by Crippen LogP contribution is -2.47. The van der Waals surface area contributed by atoms with Gasteiger partial charge >= 0.3 is 6.18 Å². The second-order valence-corrected chi connectivity index (χ2v) is 12.8. The fourth-order valence-corrected chi connectivity index (χ4v) is 6.13. The second-order valence-electron chi connectivity index (χ2n) is 10.5. The summed E-state index contributed by atoms with van der Waals surface area (Å²) >= 11 is 6.41. The van der Waals surface area contributed by atoms with Crippen LogP contribution in [0.15, 0.2) is 35.7 Å². The number of carbonyl (C=O) groups is 1. The fourth-order valence-electron chi connectivity index (χ4n) is 5.37. The summed E-state index contributed by atoms with van der Waals surface area (Å²) in [5, 5.41) is 4.13. The van der Waals surface area contributed by atoms with E-state index in [1.165, 1.54) is 11.0 Å². The molecule has 0 unspecified atom stereocenters. The zero-order valence-corrected chi connectivity index (χ0v) is 23.3. The quantitative estimate of drug-likeness (QED) is 0.433. The fraction of sp³-hybridized carbons (Fsp3) is 0.654. The molecule has 0 aliphatic carbocycles. The van der Waals surface area contributed by atoms with Gasteiger partial charge in [0.05, 0.1) is 6.54 Å². The van der Waals surface area contributed by atoms with Crippen LogP contribution in [0.2, 0.25) is 5.02 Å². The van der Waals surface area contributed by atoms with E-state index in [0.29, 0.717) is 31.0 Å². The number of hydrogen-bond donors (Lipinski definition) is 1. The number of amides is 1. The smallest absolute Gasteiger partial charge is 0.347 e. The monoisotopic (exact) mass is 581 g/mol. The predicted molar refractivity (Wildman–Crippen MR) is 141 cm³/mol. The molecule has 2 fully saturated rings. The van der Waals surface area contributed by atoms with Crippen LogP contribution in [0.25, 0.3) is 0 Å². The number of alkyl halides is 4. The standard InChI is InChI=1S/C26H36ClF4N3O3S/c1-3-20(9-14-38(2,36)37)32-24(35)25(28)10-6-12-33(13-11-25)15-19-16-34(18-26(29,30)31)17-22(19)21-7-4-5-8-23(21)27/h4-5,7-9,14,19-20,22H,3,6,10-13,15-18H2,1-2H3,(H,32,35)/b14-9-/t19-,20+,22+,25+/m0/s1. The molecule has 2 saturated heterocycles. The van der Waals surface area contributed by atoms with Crippen LogP contribution >= 0.6 is 11.6 Å². The first kappa shape index (κ1) is 30.8. The van der Waals surface area contributed by atoms with Crippen LogP contribution in [0, 0.1) is 5.92 Å². The lowest BCUT2D eigenvalue weighted by Gasteiger charge is -2.28. The van der Waals surface area contributed by atoms with E-state index >= 15 is 4.39 Å². The molecule has 0 bridgehead atoms. The number of rotatable bonds is 9. The maximum absolute atomic E-state index is 15.8. The number of nitrogens with one attached hydrogen (secondary N) is 1. The van der Waals surface area contributed by atoms with Crippen molar-refractivity contribution in [2.45, 2.75) is 56.4 Å². The van der Waals surface area contributed by atoms with E-state index in [2.05, 4.69) is 5.32 Å². The van der Waals surface area contributed by atoms with Crippen LogP contribution in [-0.2, 0) is 14.6 Å². The molecule has 2 aliphatic heterocycles. The zero-order chi connectivity index (χ0) is 28.1. The lowest BCUT2D eigenvalue weighted by atomic mass is 9.88. The van der Waals surface area contributed by atoms with Crippen LogP contribution in [0.3, 0.4) is 0 Å². The van der Waals surface area contributed by atoms with Crippen LogP contribution in [-0.4, -0.2) is 87.5 Å². The van der Waals surface area contributed by atoms with Crippen molar-refractivity contribution in [3.8, 4) is 0 Å². The highest BCUT2D eigenvalue weighted by atomic mass is 35.5. The third-order valence-electron chi connectivity index (χ3n) is 7.31. The molecular weight excluding hydrogens is 546 g/mol. The van der Waals surface area contributed by atoms with Crippen LogP contribution in [0.1, 0.15) is 44.1 Å². The Morgan fingerprint density at radius 1 is 1.21 bits per heavy atom. The summed E-state index contributed by atoms with van der Waals surface area (Å²) in [7, 11) is -3.38. The van der Waals surface area contributed by atoms with Gasteiger partial charge in [-0.15, -0.1) is 0 Å². The molecule has 1 amide bonds. The van der Waals surface area contributed by atoms with Crippen molar-refractivity contribution in [3.63, 3.8) is 0 Å². The van der Waals surface area contributed by atoms with E-state index in [-0.39, 0.29) is 44.3 Å². The van der Waals surface area contributed by atoms with Gasteiger partial charge in [-0.25, -0.2) is 12.8 Å². The number of halogens is 5. The summed E-state index contributed by atoms with van der Waals surface area (Å²) in [6.07, 6.45) is -1.15. The van der Waals surface area contributed by atoms with Crippen molar-refractivity contribution < 1.29 is 30.8 Å². The van der Waals surface area contributed by atoms with E-state index < -0.39 is 40.2 Å². The lowest BCUT2D eigenvalue weighted by molar-refractivity contribution is -0.143. The van der Waals surface area contributed by atoms with Crippen molar-refractivity contribution >= 4 is 27.3 Å². The molecule has 2 heterocycles. The number of sulfone groups is 1. The van der Waals surface area contributed by atoms with E-state index in [9.17, 15) is 26.4 Å². The Balaban J connectivity index is 1.67. The molecule has 38 heavy (non-hydrogen) atoms. The van der Waals surface area contributed by atoms with E-state index in [1.807, 2.05) is 17.0 Å². The summed E-state index contributed by atoms with van der Waals surface area (Å²) in [6.45, 7) is 2.52. The SMILES string of the molecule is CC[C@H](/C=C\S(C)(=O)=O)NC(=O)[C@@]1(F)CCCN(C[C@H]2CN(CC(F)(F)F)C[C@H]2c2ccccc2Cl)CC1. The summed E-state index contributed by atoms with van der Waals surface area (Å²) in [4.78, 5) is 16.3. The summed E-state index contributed by atoms with van der Waals surface area (Å²) in [5.74, 6) is -1.10. The normalized spacial score (nSPS) is 26.9. The molecule has 3 rings (SSSR count). The minimum Gasteiger partial charge on any atom is -0.347 e. The summed E-state index contributed by atoms with van der Waals surface area (Å²) < 4.78 is 78.0. The average molecular weight is 582 g/mol. The highest BCUT2D eigenvalue weighted by Gasteiger charge is 2.43. The molecule has 6 nitrogen and oxygen atoms in total. The molecule has 1 aromatic carbocycles. The van der Waals surface area contributed by atoms with E-state index in [1.54, 1.807) is 19.1 Å². The molecule has 1 N–H and O–H groups in total. The van der Waals surface area contributed by atoms with Gasteiger partial charge in [-0.05, 0) is 43.4 Å². The Hall–Kier alpha value is -1.69. The van der Waals surface area contributed by atoms with Crippen molar-refractivity contribution in [3.05, 3.63) is 46.3 Å². The molecule has 4 atom stereocenters. The van der Waals surface area contributed by atoms with E-state index in [0.717, 1.165) is 17.2 Å². The Morgan fingerprint density at radius 2 is 1.92 bits per heavy atom. The minimum absolute atomic E-state index is 0.0143. The maximum atomic E-state index is 15.8. The third kappa shape index (κ3) is 8.93. The van der Waals surface area contributed by atoms with Crippen molar-refractivity contribution in [1.82, 2.24) is 15.1 Å². The average Bonchev–Trinajstić information content (AvgIpc) is 3.08. The van der Waals surface area contributed by atoms with Gasteiger partial charge < -0.3 is 10.2 Å². The van der Waals surface area contributed by atoms with Crippen LogP contribution < -0.4 is 5.32 Å². The van der Waals surface area contributed by atoms with Gasteiger partial charge in [0.25, 0.3) is 5.91 Å². The predicted octanol–water partition coefficient (Wildman–Crippen LogP) is 4.57. The van der Waals surface area contributed by atoms with Crippen molar-refractivity contribution in [2.75, 3.05) is 45.5 Å². The number of nitrogens with zero attached hydrogens (tertiary/aromatic N) is 2. The highest BCUT2D eigenvalue weighted by Crippen LogP contribution is 2.38. The van der Waals surface area contributed by atoms with Gasteiger partial charge in [0.1, 0.15) is 0 Å². The maximum Gasteiger partial charge on any atom is 0.401 e. The molecule has 214 valence electrons. The molecule has 12 heteroatoms. The minimum atomic E-state index is -4.31. The second kappa shape index (κ2) is 12.7. The Labute approximate surface area is 227 Å². The molecule has 0 aromatic heterocycles. The number of benzene rings is 1. The molecule has 2 aliphatic rings. The largest absolute Gasteiger partial charge is 0.401 e. The first-order valence-corrected chi connectivity index (χ1v) is 15.2. The molecule has 0 saturated carbocycles. The van der Waals surface area contributed by atoms with E-state index in [4.69, 9.17) is 11.6 Å². The molecule has 0 spiro atoms. The van der Waals surface area contributed by atoms with Gasteiger partial charge in [-0.3, -0.25) is 9.69 Å². The van der Waals surface area contributed by atoms with Gasteiger partial charge in [0.2, 0.25) is 0 Å². The number of hydrogen-bond acceptors (Lipinski definition) is 5. The van der Waals surface area contributed by atoms with Crippen LogP contribution in [0.5, 0.6) is 0 Å².